The third-order valence-corrected chi connectivity index (χ3v) is 3.98. The summed E-state index contributed by atoms with van der Waals surface area (Å²) in [6.07, 6.45) is 0. The van der Waals surface area contributed by atoms with Crippen molar-refractivity contribution in [2.45, 2.75) is 9.79 Å². The molecule has 0 bridgehead atoms. The maximum absolute atomic E-state index is 11.6. The van der Waals surface area contributed by atoms with Crippen LogP contribution in [-0.4, -0.2) is 26.8 Å². The van der Waals surface area contributed by atoms with Gasteiger partial charge in [0.2, 0.25) is 10.0 Å². The standard InChI is InChI=1S/C8H12N2O2S2/c1-10(2)14(11,12)6-3-4-7(9)8(13)5-6/h3-5,13H,9H2,1-2H3. The molecular weight excluding hydrogens is 220 g/mol. The molecular formula is C8H12N2O2S2. The van der Waals surface area contributed by atoms with Gasteiger partial charge in [-0.15, -0.1) is 12.6 Å². The van der Waals surface area contributed by atoms with Crippen molar-refractivity contribution in [2.75, 3.05) is 19.8 Å². The van der Waals surface area contributed by atoms with Crippen LogP contribution in [-0.2, 0) is 10.0 Å². The quantitative estimate of drug-likeness (QED) is 0.586. The monoisotopic (exact) mass is 232 g/mol. The van der Waals surface area contributed by atoms with E-state index in [4.69, 9.17) is 5.73 Å². The molecule has 0 aliphatic carbocycles. The Hall–Kier alpha value is -0.720. The molecule has 0 saturated heterocycles. The summed E-state index contributed by atoms with van der Waals surface area (Å²) in [5.41, 5.74) is 5.99. The number of anilines is 1. The van der Waals surface area contributed by atoms with Gasteiger partial charge in [0.15, 0.2) is 0 Å². The highest BCUT2D eigenvalue weighted by molar-refractivity contribution is 7.89. The van der Waals surface area contributed by atoms with Gasteiger partial charge in [-0.1, -0.05) is 0 Å². The van der Waals surface area contributed by atoms with Crippen molar-refractivity contribution in [3.05, 3.63) is 18.2 Å². The summed E-state index contributed by atoms with van der Waals surface area (Å²) in [5, 5.41) is 0. The Morgan fingerprint density at radius 3 is 2.36 bits per heavy atom. The van der Waals surface area contributed by atoms with E-state index in [1.807, 2.05) is 0 Å². The summed E-state index contributed by atoms with van der Waals surface area (Å²) in [5.74, 6) is 0. The first-order chi connectivity index (χ1) is 6.35. The van der Waals surface area contributed by atoms with E-state index in [1.54, 1.807) is 0 Å². The van der Waals surface area contributed by atoms with Crippen LogP contribution in [0, 0.1) is 0 Å². The molecule has 78 valence electrons. The van der Waals surface area contributed by atoms with Gasteiger partial charge in [0.25, 0.3) is 0 Å². The molecule has 1 aromatic carbocycles. The lowest BCUT2D eigenvalue weighted by molar-refractivity contribution is 0.520. The van der Waals surface area contributed by atoms with Gasteiger partial charge in [-0.25, -0.2) is 12.7 Å². The highest BCUT2D eigenvalue weighted by Gasteiger charge is 2.17. The summed E-state index contributed by atoms with van der Waals surface area (Å²) >= 11 is 4.06. The largest absolute Gasteiger partial charge is 0.398 e. The molecule has 0 spiro atoms. The SMILES string of the molecule is CN(C)S(=O)(=O)c1ccc(N)c(S)c1. The van der Waals surface area contributed by atoms with Crippen LogP contribution in [0.2, 0.25) is 0 Å². The Morgan fingerprint density at radius 2 is 1.93 bits per heavy atom. The zero-order valence-corrected chi connectivity index (χ0v) is 9.64. The molecule has 4 nitrogen and oxygen atoms in total. The van der Waals surface area contributed by atoms with Crippen LogP contribution in [0.4, 0.5) is 5.69 Å². The predicted molar refractivity (Wildman–Crippen MR) is 59.0 cm³/mol. The predicted octanol–water partition coefficient (Wildman–Crippen LogP) is 0.808. The topological polar surface area (TPSA) is 63.4 Å². The molecule has 6 heteroatoms. The van der Waals surface area contributed by atoms with E-state index in [-0.39, 0.29) is 4.90 Å². The zero-order valence-electron chi connectivity index (χ0n) is 7.93. The Bertz CT molecular complexity index is 441. The molecule has 1 aromatic rings. The van der Waals surface area contributed by atoms with Crippen molar-refractivity contribution < 1.29 is 8.42 Å². The van der Waals surface area contributed by atoms with Crippen molar-refractivity contribution in [2.24, 2.45) is 0 Å². The van der Waals surface area contributed by atoms with Gasteiger partial charge in [0.1, 0.15) is 0 Å². The van der Waals surface area contributed by atoms with Crippen LogP contribution in [0.1, 0.15) is 0 Å². The van der Waals surface area contributed by atoms with Crippen LogP contribution in [0.15, 0.2) is 28.0 Å². The maximum atomic E-state index is 11.6. The van der Waals surface area contributed by atoms with Crippen molar-refractivity contribution in [3.8, 4) is 0 Å². The number of nitrogens with zero attached hydrogens (tertiary/aromatic N) is 1. The van der Waals surface area contributed by atoms with E-state index in [1.165, 1.54) is 32.3 Å². The van der Waals surface area contributed by atoms with E-state index in [2.05, 4.69) is 12.6 Å². The lowest BCUT2D eigenvalue weighted by atomic mass is 10.3. The second kappa shape index (κ2) is 3.80. The molecule has 0 atom stereocenters. The first-order valence-corrected chi connectivity index (χ1v) is 5.75. The Morgan fingerprint density at radius 1 is 1.36 bits per heavy atom. The molecule has 0 saturated carbocycles. The molecule has 0 radical (unpaired) electrons. The van der Waals surface area contributed by atoms with Crippen LogP contribution in [0.25, 0.3) is 0 Å². The van der Waals surface area contributed by atoms with Gasteiger partial charge in [-0.3, -0.25) is 0 Å². The zero-order chi connectivity index (χ0) is 10.9. The second-order valence-electron chi connectivity index (χ2n) is 3.01. The Labute approximate surface area is 89.2 Å². The van der Waals surface area contributed by atoms with Crippen molar-refractivity contribution in [1.82, 2.24) is 4.31 Å². The van der Waals surface area contributed by atoms with Crippen LogP contribution in [0.5, 0.6) is 0 Å². The molecule has 0 aromatic heterocycles. The minimum absolute atomic E-state index is 0.196. The van der Waals surface area contributed by atoms with Gasteiger partial charge in [0.05, 0.1) is 4.90 Å². The molecule has 2 N–H and O–H groups in total. The van der Waals surface area contributed by atoms with Crippen LogP contribution in [0.3, 0.4) is 0 Å². The first-order valence-electron chi connectivity index (χ1n) is 3.86. The lowest BCUT2D eigenvalue weighted by Gasteiger charge is -2.11. The van der Waals surface area contributed by atoms with E-state index in [9.17, 15) is 8.42 Å². The number of hydrogen-bond acceptors (Lipinski definition) is 4. The van der Waals surface area contributed by atoms with Gasteiger partial charge in [-0.05, 0) is 18.2 Å². The van der Waals surface area contributed by atoms with Gasteiger partial charge in [-0.2, -0.15) is 0 Å². The van der Waals surface area contributed by atoms with Crippen molar-refractivity contribution in [1.29, 1.82) is 0 Å². The number of nitrogens with two attached hydrogens (primary N) is 1. The number of nitrogen functional groups attached to an aromatic ring is 1. The normalized spacial score (nSPS) is 12.0. The van der Waals surface area contributed by atoms with E-state index in [0.29, 0.717) is 10.6 Å². The van der Waals surface area contributed by atoms with Crippen molar-refractivity contribution >= 4 is 28.3 Å². The summed E-state index contributed by atoms with van der Waals surface area (Å²) in [6, 6.07) is 4.43. The van der Waals surface area contributed by atoms with E-state index in [0.717, 1.165) is 4.31 Å². The molecule has 0 amide bonds. The number of hydrogen-bond donors (Lipinski definition) is 2. The fraction of sp³-hybridized carbons (Fsp3) is 0.250. The minimum atomic E-state index is -3.39. The molecule has 0 fully saturated rings. The number of sulfonamides is 1. The van der Waals surface area contributed by atoms with Gasteiger partial charge >= 0.3 is 0 Å². The third-order valence-electron chi connectivity index (χ3n) is 1.78. The fourth-order valence-electron chi connectivity index (χ4n) is 0.895. The summed E-state index contributed by atoms with van der Waals surface area (Å²) in [6.45, 7) is 0. The van der Waals surface area contributed by atoms with E-state index >= 15 is 0 Å². The van der Waals surface area contributed by atoms with Gasteiger partial charge < -0.3 is 5.73 Å². The minimum Gasteiger partial charge on any atom is -0.398 e. The highest BCUT2D eigenvalue weighted by Crippen LogP contribution is 2.22. The first kappa shape index (κ1) is 11.4. The van der Waals surface area contributed by atoms with Gasteiger partial charge in [0, 0.05) is 24.7 Å². The third kappa shape index (κ3) is 2.02. The number of benzene rings is 1. The molecule has 0 aliphatic heterocycles. The lowest BCUT2D eigenvalue weighted by Crippen LogP contribution is -2.22. The molecule has 1 rings (SSSR count). The summed E-state index contributed by atoms with van der Waals surface area (Å²) in [7, 11) is -0.435. The number of thiol groups is 1. The average molecular weight is 232 g/mol. The second-order valence-corrected chi connectivity index (χ2v) is 5.64. The molecule has 0 aliphatic rings. The molecule has 14 heavy (non-hydrogen) atoms. The smallest absolute Gasteiger partial charge is 0.242 e. The number of rotatable bonds is 2. The molecule has 0 unspecified atom stereocenters. The summed E-state index contributed by atoms with van der Waals surface area (Å²) in [4.78, 5) is 0.662. The van der Waals surface area contributed by atoms with Crippen molar-refractivity contribution in [3.63, 3.8) is 0 Å². The van der Waals surface area contributed by atoms with E-state index < -0.39 is 10.0 Å². The maximum Gasteiger partial charge on any atom is 0.242 e. The average Bonchev–Trinajstić information content (AvgIpc) is 2.09. The molecule has 0 heterocycles. The fourth-order valence-corrected chi connectivity index (χ4v) is 2.12. The Kier molecular flexibility index (Phi) is 3.08. The summed E-state index contributed by atoms with van der Waals surface area (Å²) < 4.78 is 24.4. The van der Waals surface area contributed by atoms with Crippen LogP contribution >= 0.6 is 12.6 Å². The Balaban J connectivity index is 3.29. The van der Waals surface area contributed by atoms with Crippen LogP contribution < -0.4 is 5.73 Å². The highest BCUT2D eigenvalue weighted by atomic mass is 32.2.